The Bertz CT molecular complexity index is 593. The third-order valence-corrected chi connectivity index (χ3v) is 5.24. The number of anilines is 1. The van der Waals surface area contributed by atoms with Gasteiger partial charge in [0.2, 0.25) is 0 Å². The molecule has 2 atom stereocenters. The van der Waals surface area contributed by atoms with E-state index in [-0.39, 0.29) is 5.91 Å². The maximum atomic E-state index is 12.5. The average molecular weight is 338 g/mol. The molecule has 0 aliphatic carbocycles. The standard InChI is InChI=1S/C17H24ClN3O2/c1-2-23-16-9-14(19)13(18)8-12(16)17(22)20-10-11-5-7-21-6-3-4-15(11)21/h8-9,11,15H,2-7,10,19H2,1H3,(H,20,22). The van der Waals surface area contributed by atoms with Crippen LogP contribution in [0.5, 0.6) is 5.75 Å². The molecule has 1 aromatic carbocycles. The molecule has 3 rings (SSSR count). The molecule has 2 saturated heterocycles. The van der Waals surface area contributed by atoms with Gasteiger partial charge in [-0.3, -0.25) is 4.79 Å². The van der Waals surface area contributed by atoms with Gasteiger partial charge in [-0.25, -0.2) is 0 Å². The van der Waals surface area contributed by atoms with Crippen molar-refractivity contribution in [1.29, 1.82) is 0 Å². The second-order valence-corrected chi connectivity index (χ2v) is 6.71. The summed E-state index contributed by atoms with van der Waals surface area (Å²) in [7, 11) is 0. The summed E-state index contributed by atoms with van der Waals surface area (Å²) in [4.78, 5) is 15.1. The number of benzene rings is 1. The second kappa shape index (κ2) is 6.97. The molecule has 0 spiro atoms. The number of nitrogen functional groups attached to an aromatic ring is 1. The predicted octanol–water partition coefficient (Wildman–Crippen LogP) is 2.54. The van der Waals surface area contributed by atoms with Gasteiger partial charge in [-0.2, -0.15) is 0 Å². The number of rotatable bonds is 5. The number of ether oxygens (including phenoxy) is 1. The summed E-state index contributed by atoms with van der Waals surface area (Å²) in [6, 6.07) is 3.85. The monoisotopic (exact) mass is 337 g/mol. The van der Waals surface area contributed by atoms with E-state index in [1.807, 2.05) is 6.92 Å². The van der Waals surface area contributed by atoms with Crippen LogP contribution >= 0.6 is 11.6 Å². The van der Waals surface area contributed by atoms with E-state index in [1.165, 1.54) is 19.4 Å². The summed E-state index contributed by atoms with van der Waals surface area (Å²) in [6.45, 7) is 5.41. The quantitative estimate of drug-likeness (QED) is 0.810. The zero-order valence-corrected chi connectivity index (χ0v) is 14.2. The summed E-state index contributed by atoms with van der Waals surface area (Å²) < 4.78 is 5.53. The fourth-order valence-corrected chi connectivity index (χ4v) is 3.93. The van der Waals surface area contributed by atoms with Gasteiger partial charge in [0.05, 0.1) is 22.9 Å². The van der Waals surface area contributed by atoms with Crippen LogP contribution in [0.25, 0.3) is 0 Å². The number of halogens is 1. The first kappa shape index (κ1) is 16.4. The number of fused-ring (bicyclic) bond motifs is 1. The first-order valence-corrected chi connectivity index (χ1v) is 8.72. The molecule has 2 aliphatic rings. The lowest BCUT2D eigenvalue weighted by Crippen LogP contribution is -2.35. The topological polar surface area (TPSA) is 67.6 Å². The second-order valence-electron chi connectivity index (χ2n) is 6.31. The van der Waals surface area contributed by atoms with Crippen molar-refractivity contribution in [2.75, 3.05) is 32.0 Å². The molecule has 126 valence electrons. The molecule has 6 heteroatoms. The molecule has 2 heterocycles. The van der Waals surface area contributed by atoms with E-state index >= 15 is 0 Å². The third kappa shape index (κ3) is 3.40. The molecule has 23 heavy (non-hydrogen) atoms. The van der Waals surface area contributed by atoms with Gasteiger partial charge in [0.15, 0.2) is 0 Å². The Hall–Kier alpha value is -1.46. The van der Waals surface area contributed by atoms with Gasteiger partial charge in [0, 0.05) is 18.7 Å². The van der Waals surface area contributed by atoms with Crippen molar-refractivity contribution < 1.29 is 9.53 Å². The normalized spacial score (nSPS) is 23.7. The lowest BCUT2D eigenvalue weighted by atomic mass is 9.98. The SMILES string of the molecule is CCOc1cc(N)c(Cl)cc1C(=O)NCC1CCN2CCCC12. The summed E-state index contributed by atoms with van der Waals surface area (Å²) in [6.07, 6.45) is 3.68. The van der Waals surface area contributed by atoms with Crippen LogP contribution in [0.3, 0.4) is 0 Å². The van der Waals surface area contributed by atoms with E-state index in [4.69, 9.17) is 22.1 Å². The number of nitrogens with one attached hydrogen (secondary N) is 1. The molecule has 0 bridgehead atoms. The average Bonchev–Trinajstić information content (AvgIpc) is 3.12. The summed E-state index contributed by atoms with van der Waals surface area (Å²) >= 11 is 6.06. The summed E-state index contributed by atoms with van der Waals surface area (Å²) in [5.74, 6) is 0.883. The number of nitrogens with zero attached hydrogens (tertiary/aromatic N) is 1. The Kier molecular flexibility index (Phi) is 4.97. The number of nitrogens with two attached hydrogens (primary N) is 1. The zero-order valence-electron chi connectivity index (χ0n) is 13.5. The van der Waals surface area contributed by atoms with Crippen molar-refractivity contribution in [2.24, 2.45) is 5.92 Å². The van der Waals surface area contributed by atoms with Gasteiger partial charge < -0.3 is 20.7 Å². The lowest BCUT2D eigenvalue weighted by molar-refractivity contribution is 0.0941. The Balaban J connectivity index is 1.67. The maximum Gasteiger partial charge on any atom is 0.255 e. The molecule has 3 N–H and O–H groups in total. The lowest BCUT2D eigenvalue weighted by Gasteiger charge is -2.21. The van der Waals surface area contributed by atoms with Gasteiger partial charge in [-0.15, -0.1) is 0 Å². The van der Waals surface area contributed by atoms with Crippen LogP contribution in [0.15, 0.2) is 12.1 Å². The minimum Gasteiger partial charge on any atom is -0.493 e. The van der Waals surface area contributed by atoms with Crippen LogP contribution in [0, 0.1) is 5.92 Å². The highest BCUT2D eigenvalue weighted by molar-refractivity contribution is 6.33. The van der Waals surface area contributed by atoms with Gasteiger partial charge in [-0.05, 0) is 51.3 Å². The van der Waals surface area contributed by atoms with Crippen molar-refractivity contribution in [3.8, 4) is 5.75 Å². The van der Waals surface area contributed by atoms with E-state index in [9.17, 15) is 4.79 Å². The van der Waals surface area contributed by atoms with Crippen molar-refractivity contribution in [2.45, 2.75) is 32.2 Å². The fraction of sp³-hybridized carbons (Fsp3) is 0.588. The van der Waals surface area contributed by atoms with E-state index in [1.54, 1.807) is 12.1 Å². The zero-order chi connectivity index (χ0) is 16.4. The van der Waals surface area contributed by atoms with Crippen LogP contribution < -0.4 is 15.8 Å². The maximum absolute atomic E-state index is 12.5. The molecule has 1 aromatic rings. The van der Waals surface area contributed by atoms with Crippen LogP contribution in [0.4, 0.5) is 5.69 Å². The minimum absolute atomic E-state index is 0.146. The first-order valence-electron chi connectivity index (χ1n) is 8.34. The molecule has 0 radical (unpaired) electrons. The van der Waals surface area contributed by atoms with Crippen molar-refractivity contribution in [3.63, 3.8) is 0 Å². The molecule has 5 nitrogen and oxygen atoms in total. The number of carbonyl (C=O) groups is 1. The first-order chi connectivity index (χ1) is 11.1. The molecule has 1 amide bonds. The fourth-order valence-electron chi connectivity index (χ4n) is 3.77. The smallest absolute Gasteiger partial charge is 0.255 e. The Labute approximate surface area is 142 Å². The molecule has 2 aliphatic heterocycles. The van der Waals surface area contributed by atoms with E-state index in [0.29, 0.717) is 47.1 Å². The highest BCUT2D eigenvalue weighted by Crippen LogP contribution is 2.33. The predicted molar refractivity (Wildman–Crippen MR) is 92.1 cm³/mol. The number of hydrogen-bond donors (Lipinski definition) is 2. The van der Waals surface area contributed by atoms with Gasteiger partial charge in [-0.1, -0.05) is 11.6 Å². The van der Waals surface area contributed by atoms with Gasteiger partial charge in [0.25, 0.3) is 5.91 Å². The summed E-state index contributed by atoms with van der Waals surface area (Å²) in [5, 5.41) is 3.43. The van der Waals surface area contributed by atoms with Crippen LogP contribution in [-0.4, -0.2) is 43.1 Å². The molecule has 2 unspecified atom stereocenters. The van der Waals surface area contributed by atoms with Gasteiger partial charge in [0.1, 0.15) is 5.75 Å². The molecular weight excluding hydrogens is 314 g/mol. The molecule has 0 aromatic heterocycles. The van der Waals surface area contributed by atoms with E-state index < -0.39 is 0 Å². The van der Waals surface area contributed by atoms with Crippen LogP contribution in [0.2, 0.25) is 5.02 Å². The number of hydrogen-bond acceptors (Lipinski definition) is 4. The Morgan fingerprint density at radius 3 is 3.04 bits per heavy atom. The van der Waals surface area contributed by atoms with Crippen molar-refractivity contribution in [1.82, 2.24) is 10.2 Å². The minimum atomic E-state index is -0.146. The number of carbonyl (C=O) groups excluding carboxylic acids is 1. The van der Waals surface area contributed by atoms with Crippen LogP contribution in [-0.2, 0) is 0 Å². The van der Waals surface area contributed by atoms with Crippen molar-refractivity contribution in [3.05, 3.63) is 22.7 Å². The van der Waals surface area contributed by atoms with Crippen LogP contribution in [0.1, 0.15) is 36.5 Å². The molecule has 2 fully saturated rings. The molecular formula is C17H24ClN3O2. The van der Waals surface area contributed by atoms with Crippen molar-refractivity contribution >= 4 is 23.2 Å². The van der Waals surface area contributed by atoms with E-state index in [2.05, 4.69) is 10.2 Å². The van der Waals surface area contributed by atoms with E-state index in [0.717, 1.165) is 13.0 Å². The largest absolute Gasteiger partial charge is 0.493 e. The highest BCUT2D eigenvalue weighted by Gasteiger charge is 2.37. The molecule has 0 saturated carbocycles. The Morgan fingerprint density at radius 1 is 1.43 bits per heavy atom. The third-order valence-electron chi connectivity index (χ3n) is 4.91. The highest BCUT2D eigenvalue weighted by atomic mass is 35.5. The summed E-state index contributed by atoms with van der Waals surface area (Å²) in [5.41, 5.74) is 6.67. The van der Waals surface area contributed by atoms with Gasteiger partial charge >= 0.3 is 0 Å². The Morgan fingerprint density at radius 2 is 2.26 bits per heavy atom. The number of amides is 1.